The minimum atomic E-state index is -0.258. The van der Waals surface area contributed by atoms with Crippen LogP contribution in [0.1, 0.15) is 25.7 Å². The molecular weight excluding hydrogens is 402 g/mol. The van der Waals surface area contributed by atoms with E-state index in [1.54, 1.807) is 0 Å². The summed E-state index contributed by atoms with van der Waals surface area (Å²) in [5, 5.41) is 9.45. The average Bonchev–Trinajstić information content (AvgIpc) is 2.79. The molecule has 2 fully saturated rings. The molecular formula is C22H26ClN5O2. The molecule has 8 heteroatoms. The zero-order valence-electron chi connectivity index (χ0n) is 16.8. The number of carbonyl (C=O) groups is 2. The van der Waals surface area contributed by atoms with Crippen LogP contribution in [0.4, 0.5) is 5.82 Å². The SMILES string of the molecule is NC(=O)C1CCN(C(=O)C2CCCN(c3ccc(-c4ccc(Cl)cc4)nn3)C2)CC1. The first-order chi connectivity index (χ1) is 14.5. The van der Waals surface area contributed by atoms with E-state index in [0.717, 1.165) is 36.5 Å². The summed E-state index contributed by atoms with van der Waals surface area (Å²) in [6, 6.07) is 11.4. The predicted octanol–water partition coefficient (Wildman–Crippen LogP) is 2.74. The van der Waals surface area contributed by atoms with Crippen LogP contribution in [0, 0.1) is 11.8 Å². The summed E-state index contributed by atoms with van der Waals surface area (Å²) in [5.74, 6) is 0.547. The Morgan fingerprint density at radius 2 is 1.67 bits per heavy atom. The van der Waals surface area contributed by atoms with Gasteiger partial charge in [-0.1, -0.05) is 23.7 Å². The molecule has 0 saturated carbocycles. The molecule has 0 spiro atoms. The summed E-state index contributed by atoms with van der Waals surface area (Å²) >= 11 is 5.95. The molecule has 2 saturated heterocycles. The monoisotopic (exact) mass is 427 g/mol. The van der Waals surface area contributed by atoms with Crippen molar-refractivity contribution in [1.82, 2.24) is 15.1 Å². The highest BCUT2D eigenvalue weighted by Crippen LogP contribution is 2.26. The van der Waals surface area contributed by atoms with Gasteiger partial charge in [-0.2, -0.15) is 0 Å². The van der Waals surface area contributed by atoms with E-state index in [1.807, 2.05) is 41.3 Å². The number of likely N-dealkylation sites (tertiary alicyclic amines) is 1. The normalized spacial score (nSPS) is 20.2. The number of amides is 2. The van der Waals surface area contributed by atoms with Gasteiger partial charge in [0.1, 0.15) is 0 Å². The molecule has 2 aliphatic rings. The maximum absolute atomic E-state index is 13.0. The molecule has 0 aliphatic carbocycles. The summed E-state index contributed by atoms with van der Waals surface area (Å²) in [6.45, 7) is 2.73. The quantitative estimate of drug-likeness (QED) is 0.809. The number of anilines is 1. The highest BCUT2D eigenvalue weighted by atomic mass is 35.5. The molecule has 1 unspecified atom stereocenters. The first kappa shape index (κ1) is 20.6. The molecule has 1 atom stereocenters. The lowest BCUT2D eigenvalue weighted by Crippen LogP contribution is -2.48. The fraction of sp³-hybridized carbons (Fsp3) is 0.455. The molecule has 2 amide bonds. The highest BCUT2D eigenvalue weighted by molar-refractivity contribution is 6.30. The molecule has 0 bridgehead atoms. The molecule has 2 aliphatic heterocycles. The van der Waals surface area contributed by atoms with Gasteiger partial charge in [-0.3, -0.25) is 9.59 Å². The van der Waals surface area contributed by atoms with Crippen LogP contribution >= 0.6 is 11.6 Å². The number of halogens is 1. The number of rotatable bonds is 4. The third kappa shape index (κ3) is 4.56. The number of aromatic nitrogens is 2. The zero-order chi connectivity index (χ0) is 21.1. The number of primary amides is 1. The number of nitrogens with two attached hydrogens (primary N) is 1. The molecule has 2 aromatic rings. The molecule has 7 nitrogen and oxygen atoms in total. The summed E-state index contributed by atoms with van der Waals surface area (Å²) in [7, 11) is 0. The van der Waals surface area contributed by atoms with E-state index >= 15 is 0 Å². The Labute approximate surface area is 181 Å². The summed E-state index contributed by atoms with van der Waals surface area (Å²) in [6.07, 6.45) is 3.14. The second kappa shape index (κ2) is 9.00. The van der Waals surface area contributed by atoms with E-state index in [0.29, 0.717) is 37.5 Å². The topological polar surface area (TPSA) is 92.4 Å². The maximum atomic E-state index is 13.0. The van der Waals surface area contributed by atoms with E-state index in [9.17, 15) is 9.59 Å². The van der Waals surface area contributed by atoms with Crippen LogP contribution in [0.2, 0.25) is 5.02 Å². The molecule has 3 heterocycles. The fourth-order valence-electron chi connectivity index (χ4n) is 4.30. The Morgan fingerprint density at radius 1 is 0.933 bits per heavy atom. The van der Waals surface area contributed by atoms with Crippen LogP contribution in [0.3, 0.4) is 0 Å². The van der Waals surface area contributed by atoms with Crippen LogP contribution < -0.4 is 10.6 Å². The van der Waals surface area contributed by atoms with Gasteiger partial charge in [-0.15, -0.1) is 10.2 Å². The largest absolute Gasteiger partial charge is 0.369 e. The van der Waals surface area contributed by atoms with Gasteiger partial charge in [0.2, 0.25) is 11.8 Å². The lowest BCUT2D eigenvalue weighted by atomic mass is 9.92. The standard InChI is InChI=1S/C22H26ClN5O2/c23-18-5-3-15(4-6-18)19-7-8-20(26-25-19)28-11-1-2-17(14-28)22(30)27-12-9-16(10-13-27)21(24)29/h3-8,16-17H,1-2,9-14H2,(H2,24,29). The van der Waals surface area contributed by atoms with Crippen LogP contribution in [-0.2, 0) is 9.59 Å². The van der Waals surface area contributed by atoms with Crippen LogP contribution in [-0.4, -0.2) is 53.1 Å². The van der Waals surface area contributed by atoms with Gasteiger partial charge in [0.25, 0.3) is 0 Å². The Morgan fingerprint density at radius 3 is 2.30 bits per heavy atom. The Kier molecular flexibility index (Phi) is 6.18. The molecule has 4 rings (SSSR count). The summed E-state index contributed by atoms with van der Waals surface area (Å²) in [4.78, 5) is 28.4. The Hall–Kier alpha value is -2.67. The molecule has 1 aromatic heterocycles. The van der Waals surface area contributed by atoms with Crippen molar-refractivity contribution in [2.45, 2.75) is 25.7 Å². The predicted molar refractivity (Wildman–Crippen MR) is 116 cm³/mol. The number of benzene rings is 1. The van der Waals surface area contributed by atoms with Gasteiger partial charge >= 0.3 is 0 Å². The first-order valence-corrected chi connectivity index (χ1v) is 10.8. The smallest absolute Gasteiger partial charge is 0.227 e. The minimum absolute atomic E-state index is 0.0541. The average molecular weight is 428 g/mol. The molecule has 0 radical (unpaired) electrons. The van der Waals surface area contributed by atoms with Gasteiger partial charge in [-0.05, 0) is 49.9 Å². The number of carbonyl (C=O) groups excluding carboxylic acids is 2. The summed E-state index contributed by atoms with van der Waals surface area (Å²) in [5.41, 5.74) is 7.15. The van der Waals surface area contributed by atoms with Gasteiger partial charge in [0.15, 0.2) is 5.82 Å². The van der Waals surface area contributed by atoms with Crippen molar-refractivity contribution < 1.29 is 9.59 Å². The lowest BCUT2D eigenvalue weighted by molar-refractivity contribution is -0.138. The van der Waals surface area contributed by atoms with Crippen LogP contribution in [0.5, 0.6) is 0 Å². The third-order valence-electron chi connectivity index (χ3n) is 6.09. The number of nitrogens with zero attached hydrogens (tertiary/aromatic N) is 4. The van der Waals surface area contributed by atoms with E-state index in [4.69, 9.17) is 17.3 Å². The second-order valence-corrected chi connectivity index (χ2v) is 8.51. The molecule has 1 aromatic carbocycles. The number of hydrogen-bond donors (Lipinski definition) is 1. The maximum Gasteiger partial charge on any atom is 0.227 e. The van der Waals surface area contributed by atoms with Gasteiger partial charge < -0.3 is 15.5 Å². The van der Waals surface area contributed by atoms with Crippen molar-refractivity contribution in [2.75, 3.05) is 31.1 Å². The Bertz CT molecular complexity index is 895. The van der Waals surface area contributed by atoms with E-state index in [2.05, 4.69) is 15.1 Å². The van der Waals surface area contributed by atoms with Gasteiger partial charge in [0, 0.05) is 42.7 Å². The van der Waals surface area contributed by atoms with Crippen molar-refractivity contribution in [3.63, 3.8) is 0 Å². The summed E-state index contributed by atoms with van der Waals surface area (Å²) < 4.78 is 0. The second-order valence-electron chi connectivity index (χ2n) is 8.07. The number of piperidine rings is 2. The van der Waals surface area contributed by atoms with Gasteiger partial charge in [-0.25, -0.2) is 0 Å². The zero-order valence-corrected chi connectivity index (χ0v) is 17.6. The van der Waals surface area contributed by atoms with E-state index in [-0.39, 0.29) is 23.7 Å². The van der Waals surface area contributed by atoms with Crippen LogP contribution in [0.25, 0.3) is 11.3 Å². The van der Waals surface area contributed by atoms with Crippen molar-refractivity contribution in [1.29, 1.82) is 0 Å². The van der Waals surface area contributed by atoms with E-state index < -0.39 is 0 Å². The molecule has 158 valence electrons. The van der Waals surface area contributed by atoms with Crippen molar-refractivity contribution >= 4 is 29.2 Å². The van der Waals surface area contributed by atoms with E-state index in [1.165, 1.54) is 0 Å². The van der Waals surface area contributed by atoms with Crippen molar-refractivity contribution in [3.8, 4) is 11.3 Å². The highest BCUT2D eigenvalue weighted by Gasteiger charge is 2.33. The third-order valence-corrected chi connectivity index (χ3v) is 6.35. The molecule has 30 heavy (non-hydrogen) atoms. The number of hydrogen-bond acceptors (Lipinski definition) is 5. The first-order valence-electron chi connectivity index (χ1n) is 10.4. The van der Waals surface area contributed by atoms with Crippen LogP contribution in [0.15, 0.2) is 36.4 Å². The van der Waals surface area contributed by atoms with Crippen molar-refractivity contribution in [3.05, 3.63) is 41.4 Å². The fourth-order valence-corrected chi connectivity index (χ4v) is 4.42. The van der Waals surface area contributed by atoms with Gasteiger partial charge in [0.05, 0.1) is 11.6 Å². The van der Waals surface area contributed by atoms with Crippen molar-refractivity contribution in [2.24, 2.45) is 17.6 Å². The minimum Gasteiger partial charge on any atom is -0.369 e. The lowest BCUT2D eigenvalue weighted by Gasteiger charge is -2.37. The molecule has 2 N–H and O–H groups in total. The Balaban J connectivity index is 1.38.